The molecule has 0 bridgehead atoms. The predicted molar refractivity (Wildman–Crippen MR) is 75.1 cm³/mol. The molecular formula is C14H20BrNO. The van der Waals surface area contributed by atoms with Gasteiger partial charge in [0.1, 0.15) is 5.75 Å². The maximum Gasteiger partial charge on any atom is 0.115 e. The second kappa shape index (κ2) is 4.29. The van der Waals surface area contributed by atoms with Gasteiger partial charge in [-0.2, -0.15) is 0 Å². The van der Waals surface area contributed by atoms with Gasteiger partial charge >= 0.3 is 0 Å². The number of benzene rings is 1. The number of likely N-dealkylation sites (tertiary alicyclic amines) is 1. The molecule has 3 rings (SSSR count). The van der Waals surface area contributed by atoms with Crippen LogP contribution in [0.4, 0.5) is 0 Å². The van der Waals surface area contributed by atoms with Crippen LogP contribution in [0.5, 0.6) is 5.75 Å². The molecule has 0 spiro atoms. The summed E-state index contributed by atoms with van der Waals surface area (Å²) < 4.78 is 0. The topological polar surface area (TPSA) is 23.5 Å². The summed E-state index contributed by atoms with van der Waals surface area (Å²) in [5.41, 5.74) is 3.07. The third-order valence-electron chi connectivity index (χ3n) is 4.65. The van der Waals surface area contributed by atoms with Crippen molar-refractivity contribution in [2.24, 2.45) is 0 Å². The van der Waals surface area contributed by atoms with Crippen LogP contribution in [0.2, 0.25) is 0 Å². The van der Waals surface area contributed by atoms with Crippen molar-refractivity contribution in [2.75, 3.05) is 13.6 Å². The molecule has 94 valence electrons. The van der Waals surface area contributed by atoms with Crippen LogP contribution < -0.4 is 0 Å². The van der Waals surface area contributed by atoms with Crippen molar-refractivity contribution in [1.29, 1.82) is 0 Å². The lowest BCUT2D eigenvalue weighted by Crippen LogP contribution is -2.42. The Hall–Kier alpha value is -0.540. The molecule has 1 aliphatic carbocycles. The summed E-state index contributed by atoms with van der Waals surface area (Å²) in [6.07, 6.45) is 3.62. The van der Waals surface area contributed by atoms with Crippen LogP contribution in [-0.2, 0) is 11.8 Å². The number of hydrogen-bond acceptors (Lipinski definition) is 2. The first-order chi connectivity index (χ1) is 7.61. The molecule has 1 fully saturated rings. The van der Waals surface area contributed by atoms with Gasteiger partial charge in [-0.05, 0) is 56.1 Å². The predicted octanol–water partition coefficient (Wildman–Crippen LogP) is 2.88. The van der Waals surface area contributed by atoms with Crippen molar-refractivity contribution in [3.05, 3.63) is 29.3 Å². The summed E-state index contributed by atoms with van der Waals surface area (Å²) in [5.74, 6) is 0.412. The zero-order valence-corrected chi connectivity index (χ0v) is 12.2. The van der Waals surface area contributed by atoms with Gasteiger partial charge in [0.05, 0.1) is 0 Å². The number of halogens is 1. The first-order valence-corrected chi connectivity index (χ1v) is 6.14. The fourth-order valence-electron chi connectivity index (χ4n) is 3.68. The molecule has 1 saturated heterocycles. The van der Waals surface area contributed by atoms with Gasteiger partial charge in [0, 0.05) is 11.5 Å². The standard InChI is InChI=1S/C14H19NO.BrH/c1-14-7-8-15(2)13(14)6-4-10-3-5-11(16)9-12(10)14;/h3,5,9,13,16H,4,6-8H2,1-2H3;1H/t13-,14+;/m1./s1. The average molecular weight is 298 g/mol. The molecule has 0 aromatic heterocycles. The molecule has 1 aromatic carbocycles. The number of hydrogen-bond donors (Lipinski definition) is 1. The Morgan fingerprint density at radius 3 is 2.94 bits per heavy atom. The van der Waals surface area contributed by atoms with Crippen LogP contribution in [0, 0.1) is 0 Å². The van der Waals surface area contributed by atoms with Gasteiger partial charge in [-0.1, -0.05) is 13.0 Å². The second-order valence-electron chi connectivity index (χ2n) is 5.54. The van der Waals surface area contributed by atoms with Crippen molar-refractivity contribution in [2.45, 2.75) is 37.6 Å². The van der Waals surface area contributed by atoms with Crippen LogP contribution in [0.3, 0.4) is 0 Å². The zero-order valence-electron chi connectivity index (χ0n) is 10.4. The van der Waals surface area contributed by atoms with E-state index in [0.29, 0.717) is 11.8 Å². The molecule has 2 aliphatic rings. The highest BCUT2D eigenvalue weighted by Crippen LogP contribution is 2.46. The van der Waals surface area contributed by atoms with Gasteiger partial charge < -0.3 is 10.0 Å². The van der Waals surface area contributed by atoms with Crippen molar-refractivity contribution >= 4 is 17.0 Å². The Morgan fingerprint density at radius 1 is 1.41 bits per heavy atom. The van der Waals surface area contributed by atoms with Crippen molar-refractivity contribution in [3.63, 3.8) is 0 Å². The van der Waals surface area contributed by atoms with Gasteiger partial charge in [-0.25, -0.2) is 0 Å². The molecule has 3 heteroatoms. The van der Waals surface area contributed by atoms with E-state index in [2.05, 4.69) is 24.9 Å². The third-order valence-corrected chi connectivity index (χ3v) is 4.65. The number of aromatic hydroxyl groups is 1. The summed E-state index contributed by atoms with van der Waals surface area (Å²) in [6, 6.07) is 6.56. The van der Waals surface area contributed by atoms with Gasteiger partial charge in [0.25, 0.3) is 0 Å². The molecule has 2 nitrogen and oxygen atoms in total. The molecule has 1 N–H and O–H groups in total. The Labute approximate surface area is 113 Å². The number of rotatable bonds is 0. The van der Waals surface area contributed by atoms with E-state index in [0.717, 1.165) is 6.42 Å². The Balaban J connectivity index is 0.00000108. The SMILES string of the molecule is Br.CN1CC[C@@]2(C)c3cc(O)ccc3CC[C@@H]12. The Bertz CT molecular complexity index is 434. The lowest BCUT2D eigenvalue weighted by Gasteiger charge is -2.40. The molecule has 2 atom stereocenters. The van der Waals surface area contributed by atoms with Crippen LogP contribution >= 0.6 is 17.0 Å². The number of fused-ring (bicyclic) bond motifs is 3. The smallest absolute Gasteiger partial charge is 0.115 e. The second-order valence-corrected chi connectivity index (χ2v) is 5.54. The fourth-order valence-corrected chi connectivity index (χ4v) is 3.68. The molecule has 0 amide bonds. The van der Waals surface area contributed by atoms with E-state index < -0.39 is 0 Å². The summed E-state index contributed by atoms with van der Waals surface area (Å²) in [5, 5.41) is 9.67. The summed E-state index contributed by atoms with van der Waals surface area (Å²) in [7, 11) is 2.23. The summed E-state index contributed by atoms with van der Waals surface area (Å²) >= 11 is 0. The lowest BCUT2D eigenvalue weighted by atomic mass is 9.68. The van der Waals surface area contributed by atoms with Gasteiger partial charge in [0.15, 0.2) is 0 Å². The van der Waals surface area contributed by atoms with Crippen molar-refractivity contribution in [3.8, 4) is 5.75 Å². The average Bonchev–Trinajstić information content (AvgIpc) is 2.56. The van der Waals surface area contributed by atoms with Crippen molar-refractivity contribution in [1.82, 2.24) is 4.90 Å². The molecular weight excluding hydrogens is 278 g/mol. The minimum absolute atomic E-state index is 0. The van der Waals surface area contributed by atoms with E-state index >= 15 is 0 Å². The molecule has 0 radical (unpaired) electrons. The van der Waals surface area contributed by atoms with E-state index in [1.54, 1.807) is 0 Å². The van der Waals surface area contributed by atoms with E-state index in [-0.39, 0.29) is 22.4 Å². The molecule has 1 aliphatic heterocycles. The van der Waals surface area contributed by atoms with Crippen LogP contribution in [0.1, 0.15) is 30.9 Å². The van der Waals surface area contributed by atoms with Crippen LogP contribution in [0.15, 0.2) is 18.2 Å². The third kappa shape index (κ3) is 1.80. The Kier molecular flexibility index (Phi) is 3.25. The van der Waals surface area contributed by atoms with E-state index in [9.17, 15) is 5.11 Å². The summed E-state index contributed by atoms with van der Waals surface area (Å²) in [6.45, 7) is 3.54. The van der Waals surface area contributed by atoms with Gasteiger partial charge in [0.2, 0.25) is 0 Å². The van der Waals surface area contributed by atoms with Crippen LogP contribution in [0.25, 0.3) is 0 Å². The highest BCUT2D eigenvalue weighted by atomic mass is 79.9. The lowest BCUT2D eigenvalue weighted by molar-refractivity contribution is 0.228. The quantitative estimate of drug-likeness (QED) is 0.796. The van der Waals surface area contributed by atoms with Crippen molar-refractivity contribution < 1.29 is 5.11 Å². The van der Waals surface area contributed by atoms with E-state index in [1.165, 1.54) is 30.5 Å². The fraction of sp³-hybridized carbons (Fsp3) is 0.571. The highest BCUT2D eigenvalue weighted by Gasteiger charge is 2.46. The van der Waals surface area contributed by atoms with E-state index in [1.807, 2.05) is 12.1 Å². The normalized spacial score (nSPS) is 31.5. The molecule has 17 heavy (non-hydrogen) atoms. The summed E-state index contributed by atoms with van der Waals surface area (Å²) in [4.78, 5) is 2.48. The number of phenols is 1. The minimum Gasteiger partial charge on any atom is -0.508 e. The van der Waals surface area contributed by atoms with Gasteiger partial charge in [-0.3, -0.25) is 0 Å². The first-order valence-electron chi connectivity index (χ1n) is 6.14. The number of phenolic OH excluding ortho intramolecular Hbond substituents is 1. The minimum atomic E-state index is 0. The Morgan fingerprint density at radius 2 is 2.18 bits per heavy atom. The number of aryl methyl sites for hydroxylation is 1. The monoisotopic (exact) mass is 297 g/mol. The maximum atomic E-state index is 9.67. The van der Waals surface area contributed by atoms with E-state index in [4.69, 9.17) is 0 Å². The van der Waals surface area contributed by atoms with Crippen LogP contribution in [-0.4, -0.2) is 29.6 Å². The first kappa shape index (κ1) is 12.9. The van der Waals surface area contributed by atoms with Gasteiger partial charge in [-0.15, -0.1) is 17.0 Å². The molecule has 1 heterocycles. The molecule has 0 saturated carbocycles. The number of nitrogens with zero attached hydrogens (tertiary/aromatic N) is 1. The maximum absolute atomic E-state index is 9.67. The number of likely N-dealkylation sites (N-methyl/N-ethyl adjacent to an activating group) is 1. The highest BCUT2D eigenvalue weighted by molar-refractivity contribution is 8.93. The zero-order chi connectivity index (χ0) is 11.3. The largest absolute Gasteiger partial charge is 0.508 e. The molecule has 0 unspecified atom stereocenters. The molecule has 1 aromatic rings.